The largest absolute Gasteiger partial charge is 0.321 e. The average Bonchev–Trinajstić information content (AvgIpc) is 2.32. The van der Waals surface area contributed by atoms with Crippen LogP contribution in [0, 0.1) is 5.82 Å². The molecular weight excluding hydrogens is 321 g/mol. The van der Waals surface area contributed by atoms with Crippen LogP contribution in [0.3, 0.4) is 0 Å². The van der Waals surface area contributed by atoms with E-state index < -0.39 is 5.82 Å². The van der Waals surface area contributed by atoms with Crippen molar-refractivity contribution in [2.75, 3.05) is 5.32 Å². The Balaban J connectivity index is 2.25. The van der Waals surface area contributed by atoms with E-state index in [9.17, 15) is 9.18 Å². The minimum absolute atomic E-state index is 0.0829. The minimum atomic E-state index is -0.475. The van der Waals surface area contributed by atoms with Crippen molar-refractivity contribution in [2.45, 2.75) is 0 Å². The zero-order chi connectivity index (χ0) is 13.1. The Morgan fingerprint density at radius 3 is 2.61 bits per heavy atom. The van der Waals surface area contributed by atoms with Crippen molar-refractivity contribution >= 4 is 39.1 Å². The molecule has 92 valence electrons. The first kappa shape index (κ1) is 13.1. The summed E-state index contributed by atoms with van der Waals surface area (Å²) in [6.45, 7) is 0. The van der Waals surface area contributed by atoms with Crippen molar-refractivity contribution < 1.29 is 9.18 Å². The highest BCUT2D eigenvalue weighted by Gasteiger charge is 2.12. The van der Waals surface area contributed by atoms with E-state index in [0.29, 0.717) is 5.69 Å². The summed E-state index contributed by atoms with van der Waals surface area (Å²) >= 11 is 9.14. The van der Waals surface area contributed by atoms with Gasteiger partial charge in [0.1, 0.15) is 5.82 Å². The van der Waals surface area contributed by atoms with Crippen LogP contribution in [0.25, 0.3) is 0 Å². The van der Waals surface area contributed by atoms with Crippen LogP contribution in [0.1, 0.15) is 10.4 Å². The van der Waals surface area contributed by atoms with Gasteiger partial charge in [-0.3, -0.25) is 4.79 Å². The molecule has 2 nitrogen and oxygen atoms in total. The molecule has 2 aromatic carbocycles. The number of anilines is 1. The van der Waals surface area contributed by atoms with Gasteiger partial charge in [0.05, 0.1) is 16.3 Å². The van der Waals surface area contributed by atoms with Gasteiger partial charge in [-0.2, -0.15) is 0 Å². The molecule has 0 spiro atoms. The Morgan fingerprint density at radius 2 is 1.94 bits per heavy atom. The van der Waals surface area contributed by atoms with Gasteiger partial charge in [0.15, 0.2) is 0 Å². The van der Waals surface area contributed by atoms with E-state index in [1.165, 1.54) is 12.1 Å². The highest BCUT2D eigenvalue weighted by atomic mass is 79.9. The van der Waals surface area contributed by atoms with Crippen LogP contribution < -0.4 is 5.32 Å². The molecule has 0 aliphatic rings. The first-order chi connectivity index (χ1) is 8.58. The lowest BCUT2D eigenvalue weighted by molar-refractivity contribution is 0.102. The lowest BCUT2D eigenvalue weighted by Gasteiger charge is -2.08. The van der Waals surface area contributed by atoms with Crippen molar-refractivity contribution in [2.24, 2.45) is 0 Å². The van der Waals surface area contributed by atoms with Gasteiger partial charge in [0, 0.05) is 4.47 Å². The maximum Gasteiger partial charge on any atom is 0.257 e. The topological polar surface area (TPSA) is 29.1 Å². The second-order valence-corrected chi connectivity index (χ2v) is 4.82. The van der Waals surface area contributed by atoms with E-state index in [2.05, 4.69) is 21.2 Å². The van der Waals surface area contributed by atoms with Crippen LogP contribution in [0.4, 0.5) is 10.1 Å². The molecule has 0 unspecified atom stereocenters. The molecule has 0 aromatic heterocycles. The highest BCUT2D eigenvalue weighted by Crippen LogP contribution is 2.23. The molecule has 0 bridgehead atoms. The van der Waals surface area contributed by atoms with E-state index in [1.807, 2.05) is 12.1 Å². The zero-order valence-electron chi connectivity index (χ0n) is 9.08. The van der Waals surface area contributed by atoms with Crippen molar-refractivity contribution in [3.8, 4) is 0 Å². The van der Waals surface area contributed by atoms with Gasteiger partial charge in [-0.25, -0.2) is 4.39 Å². The maximum atomic E-state index is 12.9. The van der Waals surface area contributed by atoms with E-state index in [1.54, 1.807) is 12.1 Å². The molecule has 5 heteroatoms. The van der Waals surface area contributed by atoms with Crippen molar-refractivity contribution in [3.63, 3.8) is 0 Å². The van der Waals surface area contributed by atoms with Gasteiger partial charge in [-0.1, -0.05) is 23.7 Å². The third-order valence-electron chi connectivity index (χ3n) is 2.30. The molecule has 2 aromatic rings. The Morgan fingerprint density at radius 1 is 1.22 bits per heavy atom. The molecule has 0 aliphatic carbocycles. The maximum absolute atomic E-state index is 12.9. The molecule has 2 rings (SSSR count). The molecular formula is C13H8BrClFNO. The summed E-state index contributed by atoms with van der Waals surface area (Å²) in [4.78, 5) is 12.0. The summed E-state index contributed by atoms with van der Waals surface area (Å²) in [5.74, 6) is -0.857. The molecule has 0 heterocycles. The summed E-state index contributed by atoms with van der Waals surface area (Å²) in [6, 6.07) is 10.8. The second-order valence-electron chi connectivity index (χ2n) is 3.56. The number of carbonyl (C=O) groups is 1. The molecule has 0 radical (unpaired) electrons. The normalized spacial score (nSPS) is 10.2. The van der Waals surface area contributed by atoms with Crippen LogP contribution >= 0.6 is 27.5 Å². The standard InChI is InChI=1S/C13H8BrClFNO/c14-10-3-1-2-4-12(10)17-13(18)9-6-5-8(16)7-11(9)15/h1-7H,(H,17,18). The number of carbonyl (C=O) groups excluding carboxylic acids is 1. The number of para-hydroxylation sites is 1. The van der Waals surface area contributed by atoms with Crippen LogP contribution in [0.5, 0.6) is 0 Å². The fourth-order valence-corrected chi connectivity index (χ4v) is 2.06. The first-order valence-corrected chi connectivity index (χ1v) is 6.26. The van der Waals surface area contributed by atoms with Crippen LogP contribution in [-0.4, -0.2) is 5.91 Å². The van der Waals surface area contributed by atoms with E-state index in [4.69, 9.17) is 11.6 Å². The Kier molecular flexibility index (Phi) is 3.99. The predicted molar refractivity (Wildman–Crippen MR) is 73.5 cm³/mol. The molecule has 1 N–H and O–H groups in total. The number of halogens is 3. The van der Waals surface area contributed by atoms with E-state index >= 15 is 0 Å². The lowest BCUT2D eigenvalue weighted by Crippen LogP contribution is -2.12. The van der Waals surface area contributed by atoms with Crippen molar-refractivity contribution in [3.05, 3.63) is 63.3 Å². The summed E-state index contributed by atoms with van der Waals surface area (Å²) in [5, 5.41) is 2.78. The second kappa shape index (κ2) is 5.50. The molecule has 0 saturated carbocycles. The molecule has 1 amide bonds. The third-order valence-corrected chi connectivity index (χ3v) is 3.30. The summed E-state index contributed by atoms with van der Waals surface area (Å²) in [7, 11) is 0. The number of benzene rings is 2. The minimum Gasteiger partial charge on any atom is -0.321 e. The van der Waals surface area contributed by atoms with Gasteiger partial charge < -0.3 is 5.32 Å². The van der Waals surface area contributed by atoms with E-state index in [-0.39, 0.29) is 16.5 Å². The average molecular weight is 329 g/mol. The fraction of sp³-hybridized carbons (Fsp3) is 0. The summed E-state index contributed by atoms with van der Waals surface area (Å²) < 4.78 is 13.6. The number of hydrogen-bond donors (Lipinski definition) is 1. The number of nitrogens with one attached hydrogen (secondary N) is 1. The quantitative estimate of drug-likeness (QED) is 0.864. The number of rotatable bonds is 2. The summed E-state index contributed by atoms with van der Waals surface area (Å²) in [6.07, 6.45) is 0. The SMILES string of the molecule is O=C(Nc1ccccc1Br)c1ccc(F)cc1Cl. The summed E-state index contributed by atoms with van der Waals surface area (Å²) in [5.41, 5.74) is 0.858. The molecule has 18 heavy (non-hydrogen) atoms. The molecule has 0 aliphatic heterocycles. The van der Waals surface area contributed by atoms with Gasteiger partial charge >= 0.3 is 0 Å². The first-order valence-electron chi connectivity index (χ1n) is 5.09. The van der Waals surface area contributed by atoms with Gasteiger partial charge in [-0.15, -0.1) is 0 Å². The predicted octanol–water partition coefficient (Wildman–Crippen LogP) is 4.49. The number of amides is 1. The zero-order valence-corrected chi connectivity index (χ0v) is 11.4. The Hall–Kier alpha value is -1.39. The highest BCUT2D eigenvalue weighted by molar-refractivity contribution is 9.10. The monoisotopic (exact) mass is 327 g/mol. The fourth-order valence-electron chi connectivity index (χ4n) is 1.43. The van der Waals surface area contributed by atoms with Crippen LogP contribution in [0.15, 0.2) is 46.9 Å². The number of hydrogen-bond acceptors (Lipinski definition) is 1. The van der Waals surface area contributed by atoms with Crippen molar-refractivity contribution in [1.29, 1.82) is 0 Å². The lowest BCUT2D eigenvalue weighted by atomic mass is 10.2. The Bertz CT molecular complexity index is 603. The van der Waals surface area contributed by atoms with Crippen LogP contribution in [-0.2, 0) is 0 Å². The molecule has 0 fully saturated rings. The van der Waals surface area contributed by atoms with Crippen molar-refractivity contribution in [1.82, 2.24) is 0 Å². The molecule has 0 atom stereocenters. The van der Waals surface area contributed by atoms with Gasteiger partial charge in [0.25, 0.3) is 5.91 Å². The van der Waals surface area contributed by atoms with Gasteiger partial charge in [0.2, 0.25) is 0 Å². The van der Waals surface area contributed by atoms with Gasteiger partial charge in [-0.05, 0) is 46.3 Å². The van der Waals surface area contributed by atoms with E-state index in [0.717, 1.165) is 10.5 Å². The molecule has 0 saturated heterocycles. The smallest absolute Gasteiger partial charge is 0.257 e. The van der Waals surface area contributed by atoms with Crippen LogP contribution in [0.2, 0.25) is 5.02 Å². The Labute approximate surface area is 117 Å². The third kappa shape index (κ3) is 2.89.